The molecule has 0 heterocycles. The van der Waals surface area contributed by atoms with Gasteiger partial charge in [-0.05, 0) is 18.2 Å². The van der Waals surface area contributed by atoms with Crippen molar-refractivity contribution in [1.82, 2.24) is 0 Å². The Morgan fingerprint density at radius 1 is 1.36 bits per heavy atom. The molecule has 0 amide bonds. The van der Waals surface area contributed by atoms with Crippen LogP contribution in [0.1, 0.15) is 31.1 Å². The molecule has 2 N–H and O–H groups in total. The molecule has 0 saturated heterocycles. The molecule has 0 saturated carbocycles. The van der Waals surface area contributed by atoms with Crippen molar-refractivity contribution in [2.75, 3.05) is 5.73 Å². The summed E-state index contributed by atoms with van der Waals surface area (Å²) in [5.74, 6) is 0.0301. The summed E-state index contributed by atoms with van der Waals surface area (Å²) in [6.45, 7) is 5.59. The lowest BCUT2D eigenvalue weighted by molar-refractivity contribution is 0.0858. The Morgan fingerprint density at radius 2 is 1.93 bits per heavy atom. The molecule has 0 spiro atoms. The number of nitrogen functional groups attached to an aromatic ring is 1. The molecule has 0 radical (unpaired) electrons. The van der Waals surface area contributed by atoms with Crippen LogP contribution < -0.4 is 5.73 Å². The summed E-state index contributed by atoms with van der Waals surface area (Å²) in [5, 5.41) is 0.421. The topological polar surface area (TPSA) is 43.1 Å². The molecular formula is C11H14ClNO. The molecule has 0 aliphatic heterocycles. The standard InChI is InChI=1S/C11H14ClNO/c1-11(2,3)10(14)8-5-4-7(13)6-9(8)12/h4-6H,13H2,1-3H3. The molecule has 0 bridgehead atoms. The number of Topliss-reactive ketones (excluding diaryl/α,β-unsaturated/α-hetero) is 1. The molecule has 0 aliphatic carbocycles. The minimum absolute atomic E-state index is 0.0301. The number of carbonyl (C=O) groups excluding carboxylic acids is 1. The van der Waals surface area contributed by atoms with E-state index in [9.17, 15) is 4.79 Å². The van der Waals surface area contributed by atoms with Crippen LogP contribution in [0.2, 0.25) is 5.02 Å². The number of hydrogen-bond donors (Lipinski definition) is 1. The molecule has 1 aromatic carbocycles. The van der Waals surface area contributed by atoms with E-state index >= 15 is 0 Å². The van der Waals surface area contributed by atoms with Crippen LogP contribution in [-0.2, 0) is 0 Å². The van der Waals surface area contributed by atoms with Crippen LogP contribution in [0.4, 0.5) is 5.69 Å². The number of nitrogens with two attached hydrogens (primary N) is 1. The highest BCUT2D eigenvalue weighted by Gasteiger charge is 2.24. The van der Waals surface area contributed by atoms with E-state index in [4.69, 9.17) is 17.3 Å². The third kappa shape index (κ3) is 2.26. The molecule has 0 aromatic heterocycles. The van der Waals surface area contributed by atoms with Gasteiger partial charge >= 0.3 is 0 Å². The maximum Gasteiger partial charge on any atom is 0.169 e. The Labute approximate surface area is 89.1 Å². The van der Waals surface area contributed by atoms with Crippen LogP contribution in [0, 0.1) is 5.41 Å². The number of halogens is 1. The summed E-state index contributed by atoms with van der Waals surface area (Å²) in [6.07, 6.45) is 0. The van der Waals surface area contributed by atoms with Crippen LogP contribution in [-0.4, -0.2) is 5.78 Å². The van der Waals surface area contributed by atoms with E-state index in [-0.39, 0.29) is 5.78 Å². The van der Waals surface area contributed by atoms with Gasteiger partial charge in [-0.25, -0.2) is 0 Å². The fourth-order valence-corrected chi connectivity index (χ4v) is 1.39. The van der Waals surface area contributed by atoms with Crippen molar-refractivity contribution in [3.63, 3.8) is 0 Å². The maximum atomic E-state index is 11.9. The monoisotopic (exact) mass is 211 g/mol. The lowest BCUT2D eigenvalue weighted by Gasteiger charge is -2.17. The first-order valence-corrected chi connectivity index (χ1v) is 4.80. The van der Waals surface area contributed by atoms with Crippen molar-refractivity contribution >= 4 is 23.1 Å². The SMILES string of the molecule is CC(C)(C)C(=O)c1ccc(N)cc1Cl. The molecule has 1 aromatic rings. The zero-order valence-electron chi connectivity index (χ0n) is 8.60. The van der Waals surface area contributed by atoms with E-state index in [2.05, 4.69) is 0 Å². The molecule has 14 heavy (non-hydrogen) atoms. The molecule has 0 unspecified atom stereocenters. The predicted octanol–water partition coefficient (Wildman–Crippen LogP) is 3.15. The van der Waals surface area contributed by atoms with Gasteiger partial charge in [0.25, 0.3) is 0 Å². The predicted molar refractivity (Wildman–Crippen MR) is 59.6 cm³/mol. The van der Waals surface area contributed by atoms with E-state index in [0.29, 0.717) is 16.3 Å². The van der Waals surface area contributed by atoms with Gasteiger partial charge in [0.2, 0.25) is 0 Å². The summed E-state index contributed by atoms with van der Waals surface area (Å²) >= 11 is 5.93. The van der Waals surface area contributed by atoms with Crippen LogP contribution in [0.3, 0.4) is 0 Å². The van der Waals surface area contributed by atoms with Gasteiger partial charge in [0.15, 0.2) is 5.78 Å². The van der Waals surface area contributed by atoms with Crippen molar-refractivity contribution in [2.24, 2.45) is 5.41 Å². The number of anilines is 1. The van der Waals surface area contributed by atoms with Crippen LogP contribution in [0.15, 0.2) is 18.2 Å². The zero-order valence-corrected chi connectivity index (χ0v) is 9.35. The highest BCUT2D eigenvalue weighted by Crippen LogP contribution is 2.27. The lowest BCUT2D eigenvalue weighted by Crippen LogP contribution is -2.20. The van der Waals surface area contributed by atoms with Gasteiger partial charge in [0.05, 0.1) is 5.02 Å². The van der Waals surface area contributed by atoms with Crippen LogP contribution in [0.5, 0.6) is 0 Å². The number of ketones is 1. The number of rotatable bonds is 1. The fourth-order valence-electron chi connectivity index (χ4n) is 1.12. The van der Waals surface area contributed by atoms with E-state index < -0.39 is 5.41 Å². The Bertz CT molecular complexity index is 366. The van der Waals surface area contributed by atoms with Gasteiger partial charge in [0, 0.05) is 16.7 Å². The number of hydrogen-bond acceptors (Lipinski definition) is 2. The average molecular weight is 212 g/mol. The van der Waals surface area contributed by atoms with Crippen molar-refractivity contribution in [2.45, 2.75) is 20.8 Å². The summed E-state index contributed by atoms with van der Waals surface area (Å²) in [6, 6.07) is 4.95. The first kappa shape index (κ1) is 11.1. The quantitative estimate of drug-likeness (QED) is 0.573. The second-order valence-electron chi connectivity index (χ2n) is 4.32. The van der Waals surface area contributed by atoms with Gasteiger partial charge in [-0.1, -0.05) is 32.4 Å². The van der Waals surface area contributed by atoms with E-state index in [1.165, 1.54) is 0 Å². The third-order valence-corrected chi connectivity index (χ3v) is 2.23. The normalized spacial score (nSPS) is 11.4. The molecule has 76 valence electrons. The van der Waals surface area contributed by atoms with Crippen LogP contribution in [0.25, 0.3) is 0 Å². The van der Waals surface area contributed by atoms with Gasteiger partial charge in [0.1, 0.15) is 0 Å². The van der Waals surface area contributed by atoms with Crippen molar-refractivity contribution in [3.05, 3.63) is 28.8 Å². The molecule has 0 aliphatic rings. The van der Waals surface area contributed by atoms with Gasteiger partial charge in [-0.15, -0.1) is 0 Å². The van der Waals surface area contributed by atoms with Gasteiger partial charge < -0.3 is 5.73 Å². The highest BCUT2D eigenvalue weighted by molar-refractivity contribution is 6.34. The van der Waals surface area contributed by atoms with E-state index in [1.807, 2.05) is 20.8 Å². The second-order valence-corrected chi connectivity index (χ2v) is 4.73. The second kappa shape index (κ2) is 3.62. The summed E-state index contributed by atoms with van der Waals surface area (Å²) in [4.78, 5) is 11.9. The third-order valence-electron chi connectivity index (χ3n) is 1.92. The van der Waals surface area contributed by atoms with Crippen molar-refractivity contribution < 1.29 is 4.79 Å². The van der Waals surface area contributed by atoms with Gasteiger partial charge in [-0.2, -0.15) is 0 Å². The maximum absolute atomic E-state index is 11.9. The fraction of sp³-hybridized carbons (Fsp3) is 0.364. The lowest BCUT2D eigenvalue weighted by atomic mass is 9.86. The number of benzene rings is 1. The Kier molecular flexibility index (Phi) is 2.86. The summed E-state index contributed by atoms with van der Waals surface area (Å²) in [7, 11) is 0. The Hall–Kier alpha value is -1.02. The molecule has 2 nitrogen and oxygen atoms in total. The molecule has 0 atom stereocenters. The van der Waals surface area contributed by atoms with E-state index in [1.54, 1.807) is 18.2 Å². The highest BCUT2D eigenvalue weighted by atomic mass is 35.5. The first-order valence-electron chi connectivity index (χ1n) is 4.42. The Balaban J connectivity index is 3.15. The minimum atomic E-state index is -0.417. The minimum Gasteiger partial charge on any atom is -0.399 e. The summed E-state index contributed by atoms with van der Waals surface area (Å²) < 4.78 is 0. The zero-order chi connectivity index (χ0) is 10.9. The average Bonchev–Trinajstić information content (AvgIpc) is 2.01. The molecular weight excluding hydrogens is 198 g/mol. The largest absolute Gasteiger partial charge is 0.399 e. The van der Waals surface area contributed by atoms with Crippen LogP contribution >= 0.6 is 11.6 Å². The molecule has 1 rings (SSSR count). The van der Waals surface area contributed by atoms with Gasteiger partial charge in [-0.3, -0.25) is 4.79 Å². The Morgan fingerprint density at radius 3 is 2.36 bits per heavy atom. The van der Waals surface area contributed by atoms with E-state index in [0.717, 1.165) is 0 Å². The molecule has 3 heteroatoms. The van der Waals surface area contributed by atoms with Crippen molar-refractivity contribution in [1.29, 1.82) is 0 Å². The van der Waals surface area contributed by atoms with Crippen molar-refractivity contribution in [3.8, 4) is 0 Å². The number of carbonyl (C=O) groups is 1. The smallest absolute Gasteiger partial charge is 0.169 e. The molecule has 0 fully saturated rings. The summed E-state index contributed by atoms with van der Waals surface area (Å²) in [5.41, 5.74) is 6.23. The first-order chi connectivity index (χ1) is 6.32.